The van der Waals surface area contributed by atoms with Crippen LogP contribution in [-0.4, -0.2) is 28.5 Å². The molecule has 138 valence electrons. The van der Waals surface area contributed by atoms with Gasteiger partial charge in [-0.3, -0.25) is 9.48 Å². The van der Waals surface area contributed by atoms with Crippen molar-refractivity contribution in [3.05, 3.63) is 41.1 Å². The molecule has 0 fully saturated rings. The summed E-state index contributed by atoms with van der Waals surface area (Å²) in [5.74, 6) is 0.953. The Balaban J connectivity index is 1.92. The zero-order chi connectivity index (χ0) is 18.6. The molecule has 0 aliphatic rings. The Hall–Kier alpha value is -1.90. The largest absolute Gasteiger partial charge is 0.455 e. The van der Waals surface area contributed by atoms with E-state index in [0.717, 1.165) is 10.7 Å². The third kappa shape index (κ3) is 5.29. The molecule has 2 aromatic rings. The maximum atomic E-state index is 13.0. The molecule has 1 N–H and O–H groups in total. The van der Waals surface area contributed by atoms with Gasteiger partial charge in [0.2, 0.25) is 0 Å². The highest BCUT2D eigenvalue weighted by atomic mass is 32.2. The van der Waals surface area contributed by atoms with E-state index in [-0.39, 0.29) is 30.7 Å². The normalized spacial score (nSPS) is 13.0. The zero-order valence-electron chi connectivity index (χ0n) is 14.2. The molecule has 5 nitrogen and oxygen atoms in total. The van der Waals surface area contributed by atoms with Crippen molar-refractivity contribution < 1.29 is 22.4 Å². The van der Waals surface area contributed by atoms with Crippen LogP contribution in [0.1, 0.15) is 34.6 Å². The lowest BCUT2D eigenvalue weighted by molar-refractivity contribution is -0.144. The van der Waals surface area contributed by atoms with E-state index < -0.39 is 11.9 Å². The lowest BCUT2D eigenvalue weighted by Crippen LogP contribution is -2.30. The number of alkyl halides is 3. The molecule has 0 aliphatic carbocycles. The topological polar surface area (TPSA) is 60.1 Å². The van der Waals surface area contributed by atoms with Crippen LogP contribution < -0.4 is 5.32 Å². The second-order valence-corrected chi connectivity index (χ2v) is 6.73. The Bertz CT molecular complexity index is 725. The average molecular weight is 375 g/mol. The van der Waals surface area contributed by atoms with E-state index >= 15 is 0 Å². The van der Waals surface area contributed by atoms with Crippen LogP contribution in [0.5, 0.6) is 0 Å². The van der Waals surface area contributed by atoms with Crippen LogP contribution in [0.2, 0.25) is 0 Å². The minimum atomic E-state index is -4.45. The third-order valence-electron chi connectivity index (χ3n) is 3.46. The molecule has 2 heterocycles. The first kappa shape index (κ1) is 19.4. The predicted molar refractivity (Wildman–Crippen MR) is 89.4 cm³/mol. The molecule has 0 unspecified atom stereocenters. The minimum Gasteiger partial charge on any atom is -0.455 e. The summed E-state index contributed by atoms with van der Waals surface area (Å²) in [4.78, 5) is 12.0. The van der Waals surface area contributed by atoms with Gasteiger partial charge in [-0.15, -0.1) is 0 Å². The second kappa shape index (κ2) is 7.99. The molecule has 2 rings (SSSR count). The first-order chi connectivity index (χ1) is 11.7. The van der Waals surface area contributed by atoms with Crippen LogP contribution >= 0.6 is 11.8 Å². The van der Waals surface area contributed by atoms with E-state index in [9.17, 15) is 18.0 Å². The van der Waals surface area contributed by atoms with E-state index in [1.165, 1.54) is 6.92 Å². The van der Waals surface area contributed by atoms with Crippen molar-refractivity contribution >= 4 is 17.7 Å². The summed E-state index contributed by atoms with van der Waals surface area (Å²) in [7, 11) is 0. The summed E-state index contributed by atoms with van der Waals surface area (Å²) in [6, 6.07) is 4.34. The quantitative estimate of drug-likeness (QED) is 0.801. The van der Waals surface area contributed by atoms with Crippen LogP contribution in [0.3, 0.4) is 0 Å². The van der Waals surface area contributed by atoms with Gasteiger partial charge in [-0.1, -0.05) is 6.92 Å². The molecule has 1 atom stereocenters. The molecule has 9 heteroatoms. The lowest BCUT2D eigenvalue weighted by Gasteiger charge is -2.15. The fraction of sp³-hybridized carbons (Fsp3) is 0.500. The van der Waals surface area contributed by atoms with Crippen molar-refractivity contribution in [3.63, 3.8) is 0 Å². The first-order valence-corrected chi connectivity index (χ1v) is 9.07. The predicted octanol–water partition coefficient (Wildman–Crippen LogP) is 3.73. The summed E-state index contributed by atoms with van der Waals surface area (Å²) in [6.45, 7) is 3.53. The lowest BCUT2D eigenvalue weighted by atomic mass is 10.2. The summed E-state index contributed by atoms with van der Waals surface area (Å²) < 4.78 is 45.2. The first-order valence-electron chi connectivity index (χ1n) is 7.68. The van der Waals surface area contributed by atoms with Gasteiger partial charge in [-0.25, -0.2) is 0 Å². The highest BCUT2D eigenvalue weighted by Gasteiger charge is 2.35. The van der Waals surface area contributed by atoms with Gasteiger partial charge in [0.1, 0.15) is 11.5 Å². The number of hydrogen-bond acceptors (Lipinski definition) is 4. The minimum absolute atomic E-state index is 0.0544. The number of nitrogens with zero attached hydrogens (tertiary/aromatic N) is 2. The number of rotatable bonds is 7. The monoisotopic (exact) mass is 375 g/mol. The number of carbonyl (C=O) groups excluding carboxylic acids is 1. The Labute approximate surface area is 148 Å². The van der Waals surface area contributed by atoms with Crippen molar-refractivity contribution in [1.82, 2.24) is 15.1 Å². The molecule has 0 aliphatic heterocycles. The fourth-order valence-corrected chi connectivity index (χ4v) is 2.79. The molecule has 0 radical (unpaired) electrons. The molecule has 0 saturated carbocycles. The molecular formula is C16H20F3N3O2S. The maximum absolute atomic E-state index is 13.0. The fourth-order valence-electron chi connectivity index (χ4n) is 2.35. The van der Waals surface area contributed by atoms with E-state index in [4.69, 9.17) is 4.42 Å². The number of aromatic nitrogens is 2. The van der Waals surface area contributed by atoms with Crippen molar-refractivity contribution in [1.29, 1.82) is 0 Å². The number of hydrogen-bond donors (Lipinski definition) is 1. The molecule has 0 spiro atoms. The number of halogens is 3. The van der Waals surface area contributed by atoms with Gasteiger partial charge >= 0.3 is 6.18 Å². The van der Waals surface area contributed by atoms with Gasteiger partial charge in [0, 0.05) is 13.1 Å². The standard InChI is InChI=1S/C16H20F3N3O2S/c1-10(8-22-14(16(17,18)19)6-11(2)21-22)7-20-15(23)13-5-4-12(24-13)9-25-3/h4-6,10H,7-9H2,1-3H3,(H,20,23)/t10-/m0/s1. The molecule has 25 heavy (non-hydrogen) atoms. The SMILES string of the molecule is CSCc1ccc(C(=O)NC[C@H](C)Cn2nc(C)cc2C(F)(F)F)o1. The van der Waals surface area contributed by atoms with Crippen LogP contribution in [0.25, 0.3) is 0 Å². The Kier molecular flexibility index (Phi) is 6.21. The summed E-state index contributed by atoms with van der Waals surface area (Å²) in [6.07, 6.45) is -2.53. The molecule has 0 bridgehead atoms. The summed E-state index contributed by atoms with van der Waals surface area (Å²) >= 11 is 1.58. The number of furan rings is 1. The number of thioether (sulfide) groups is 1. The maximum Gasteiger partial charge on any atom is 0.433 e. The van der Waals surface area contributed by atoms with Crippen LogP contribution in [0.4, 0.5) is 13.2 Å². The number of aryl methyl sites for hydroxylation is 1. The average Bonchev–Trinajstić information content (AvgIpc) is 3.11. The third-order valence-corrected chi connectivity index (χ3v) is 4.03. The Morgan fingerprint density at radius 2 is 2.16 bits per heavy atom. The van der Waals surface area contributed by atoms with Gasteiger partial charge < -0.3 is 9.73 Å². The van der Waals surface area contributed by atoms with Crippen LogP contribution in [-0.2, 0) is 18.5 Å². The van der Waals surface area contributed by atoms with E-state index in [1.807, 2.05) is 6.26 Å². The van der Waals surface area contributed by atoms with Gasteiger partial charge in [0.05, 0.1) is 11.4 Å². The van der Waals surface area contributed by atoms with Crippen molar-refractivity contribution in [2.24, 2.45) is 5.92 Å². The van der Waals surface area contributed by atoms with Crippen molar-refractivity contribution in [3.8, 4) is 0 Å². The molecule has 1 amide bonds. The van der Waals surface area contributed by atoms with Crippen molar-refractivity contribution in [2.75, 3.05) is 12.8 Å². The van der Waals surface area contributed by atoms with Crippen LogP contribution in [0, 0.1) is 12.8 Å². The molecule has 0 aromatic carbocycles. The summed E-state index contributed by atoms with van der Waals surface area (Å²) in [5.41, 5.74) is -0.476. The highest BCUT2D eigenvalue weighted by Crippen LogP contribution is 2.30. The zero-order valence-corrected chi connectivity index (χ0v) is 15.0. The van der Waals surface area contributed by atoms with Crippen LogP contribution in [0.15, 0.2) is 22.6 Å². The van der Waals surface area contributed by atoms with Gasteiger partial charge in [-0.05, 0) is 37.3 Å². The Morgan fingerprint density at radius 1 is 1.44 bits per heavy atom. The number of amides is 1. The molecule has 2 aromatic heterocycles. The molecular weight excluding hydrogens is 355 g/mol. The number of carbonyl (C=O) groups is 1. The van der Waals surface area contributed by atoms with E-state index in [1.54, 1.807) is 30.8 Å². The smallest absolute Gasteiger partial charge is 0.433 e. The Morgan fingerprint density at radius 3 is 2.80 bits per heavy atom. The van der Waals surface area contributed by atoms with E-state index in [0.29, 0.717) is 17.2 Å². The van der Waals surface area contributed by atoms with Gasteiger partial charge in [0.25, 0.3) is 5.91 Å². The van der Waals surface area contributed by atoms with Gasteiger partial charge in [-0.2, -0.15) is 30.0 Å². The highest BCUT2D eigenvalue weighted by molar-refractivity contribution is 7.97. The second-order valence-electron chi connectivity index (χ2n) is 5.86. The number of nitrogens with one attached hydrogen (secondary N) is 1. The summed E-state index contributed by atoms with van der Waals surface area (Å²) in [5, 5.41) is 6.57. The van der Waals surface area contributed by atoms with Gasteiger partial charge in [0.15, 0.2) is 5.76 Å². The van der Waals surface area contributed by atoms with Crippen molar-refractivity contribution in [2.45, 2.75) is 32.3 Å². The molecule has 0 saturated heterocycles. The van der Waals surface area contributed by atoms with E-state index in [2.05, 4.69) is 10.4 Å².